The van der Waals surface area contributed by atoms with Gasteiger partial charge in [-0.2, -0.15) is 23.4 Å². The summed E-state index contributed by atoms with van der Waals surface area (Å²) in [5.74, 6) is 0.548. The fraction of sp³-hybridized carbons (Fsp3) is 0.538. The Hall–Kier alpha value is -1.99. The number of nitrogens with zero attached hydrogens (tertiary/aromatic N) is 4. The van der Waals surface area contributed by atoms with Crippen LogP contribution in [0.4, 0.5) is 19.0 Å². The first-order valence-corrected chi connectivity index (χ1v) is 6.70. The third kappa shape index (κ3) is 3.56. The molecule has 0 aliphatic heterocycles. The van der Waals surface area contributed by atoms with Crippen LogP contribution in [0.2, 0.25) is 0 Å². The summed E-state index contributed by atoms with van der Waals surface area (Å²) >= 11 is 0. The van der Waals surface area contributed by atoms with Crippen LogP contribution in [-0.4, -0.2) is 19.6 Å². The van der Waals surface area contributed by atoms with E-state index in [1.165, 1.54) is 13.2 Å². The van der Waals surface area contributed by atoms with Crippen molar-refractivity contribution in [1.29, 1.82) is 0 Å². The second-order valence-electron chi connectivity index (χ2n) is 4.97. The smallest absolute Gasteiger partial charge is 0.364 e. The maximum absolute atomic E-state index is 12.8. The first-order chi connectivity index (χ1) is 9.81. The first kappa shape index (κ1) is 15.4. The normalized spacial score (nSPS) is 13.4. The van der Waals surface area contributed by atoms with E-state index in [0.717, 1.165) is 11.1 Å². The van der Waals surface area contributed by atoms with Gasteiger partial charge in [0.25, 0.3) is 0 Å². The predicted octanol–water partition coefficient (Wildman–Crippen LogP) is 3.22. The van der Waals surface area contributed by atoms with Crippen molar-refractivity contribution < 1.29 is 13.2 Å². The van der Waals surface area contributed by atoms with Gasteiger partial charge in [-0.15, -0.1) is 0 Å². The minimum absolute atomic E-state index is 0.0280. The fourth-order valence-corrected chi connectivity index (χ4v) is 1.96. The quantitative estimate of drug-likeness (QED) is 0.922. The van der Waals surface area contributed by atoms with Crippen LogP contribution < -0.4 is 5.32 Å². The monoisotopic (exact) mass is 301 g/mol. The van der Waals surface area contributed by atoms with Gasteiger partial charge in [-0.3, -0.25) is 9.36 Å². The minimum atomic E-state index is -4.45. The molecular weight excluding hydrogens is 283 g/mol. The number of alkyl halides is 3. The number of aryl methyl sites for hydroxylation is 1. The highest BCUT2D eigenvalue weighted by atomic mass is 19.4. The Bertz CT molecular complexity index is 599. The lowest BCUT2D eigenvalue weighted by atomic mass is 10.2. The third-order valence-corrected chi connectivity index (χ3v) is 3.28. The Morgan fingerprint density at radius 2 is 2.05 bits per heavy atom. The van der Waals surface area contributed by atoms with Crippen LogP contribution in [0.15, 0.2) is 18.5 Å². The molecule has 8 heteroatoms. The Morgan fingerprint density at radius 1 is 1.33 bits per heavy atom. The summed E-state index contributed by atoms with van der Waals surface area (Å²) < 4.78 is 41.4. The summed E-state index contributed by atoms with van der Waals surface area (Å²) in [4.78, 5) is 0. The predicted molar refractivity (Wildman–Crippen MR) is 72.8 cm³/mol. The van der Waals surface area contributed by atoms with Crippen LogP contribution in [0.25, 0.3) is 0 Å². The number of nitrogens with one attached hydrogen (secondary N) is 1. The SMILES string of the molecule is CC[C@H](C)n1ccc(NCc2cn(C)nc2C(F)(F)F)n1. The number of hydrogen-bond acceptors (Lipinski definition) is 3. The van der Waals surface area contributed by atoms with Gasteiger partial charge in [0.2, 0.25) is 0 Å². The molecule has 0 aromatic carbocycles. The van der Waals surface area contributed by atoms with E-state index in [1.54, 1.807) is 10.7 Å². The van der Waals surface area contributed by atoms with Gasteiger partial charge in [0.1, 0.15) is 5.82 Å². The Kier molecular flexibility index (Phi) is 4.24. The molecule has 0 fully saturated rings. The maximum atomic E-state index is 12.8. The molecule has 0 aliphatic carbocycles. The summed E-state index contributed by atoms with van der Waals surface area (Å²) in [5, 5.41) is 10.7. The van der Waals surface area contributed by atoms with Crippen molar-refractivity contribution in [1.82, 2.24) is 19.6 Å². The Balaban J connectivity index is 2.08. The third-order valence-electron chi connectivity index (χ3n) is 3.28. The Morgan fingerprint density at radius 3 is 2.67 bits per heavy atom. The van der Waals surface area contributed by atoms with Crippen LogP contribution in [0.3, 0.4) is 0 Å². The van der Waals surface area contributed by atoms with Crippen molar-refractivity contribution >= 4 is 5.82 Å². The molecule has 0 amide bonds. The molecule has 2 aromatic heterocycles. The number of rotatable bonds is 5. The summed E-state index contributed by atoms with van der Waals surface area (Å²) in [6.07, 6.45) is -0.345. The van der Waals surface area contributed by atoms with Gasteiger partial charge in [0.15, 0.2) is 5.69 Å². The highest BCUT2D eigenvalue weighted by molar-refractivity contribution is 5.35. The molecule has 0 bridgehead atoms. The second kappa shape index (κ2) is 5.79. The summed E-state index contributed by atoms with van der Waals surface area (Å²) in [7, 11) is 1.47. The molecule has 1 atom stereocenters. The number of anilines is 1. The van der Waals surface area contributed by atoms with E-state index in [0.29, 0.717) is 5.82 Å². The van der Waals surface area contributed by atoms with Crippen LogP contribution in [0.5, 0.6) is 0 Å². The lowest BCUT2D eigenvalue weighted by Gasteiger charge is -2.09. The lowest BCUT2D eigenvalue weighted by molar-refractivity contribution is -0.142. The molecule has 0 unspecified atom stereocenters. The minimum Gasteiger partial charge on any atom is -0.364 e. The summed E-state index contributed by atoms with van der Waals surface area (Å²) in [6, 6.07) is 2.00. The van der Waals surface area contributed by atoms with Crippen LogP contribution in [0, 0.1) is 0 Å². The van der Waals surface area contributed by atoms with Crippen LogP contribution in [0.1, 0.15) is 37.6 Å². The molecule has 0 radical (unpaired) electrons. The van der Waals surface area contributed by atoms with Gasteiger partial charge >= 0.3 is 6.18 Å². The molecule has 0 aliphatic rings. The van der Waals surface area contributed by atoms with E-state index in [1.807, 2.05) is 20.0 Å². The van der Waals surface area contributed by atoms with Gasteiger partial charge in [-0.25, -0.2) is 0 Å². The van der Waals surface area contributed by atoms with E-state index in [2.05, 4.69) is 15.5 Å². The largest absolute Gasteiger partial charge is 0.435 e. The van der Waals surface area contributed by atoms with Gasteiger partial charge in [0, 0.05) is 43.7 Å². The molecule has 0 saturated carbocycles. The van der Waals surface area contributed by atoms with Gasteiger partial charge in [-0.05, 0) is 13.3 Å². The number of halogens is 3. The molecule has 0 spiro atoms. The molecular formula is C13H18F3N5. The molecule has 116 valence electrons. The van der Waals surface area contributed by atoms with E-state index in [4.69, 9.17) is 0 Å². The van der Waals surface area contributed by atoms with Crippen molar-refractivity contribution in [3.05, 3.63) is 29.7 Å². The zero-order valence-corrected chi connectivity index (χ0v) is 12.1. The summed E-state index contributed by atoms with van der Waals surface area (Å²) in [6.45, 7) is 4.10. The highest BCUT2D eigenvalue weighted by Crippen LogP contribution is 2.30. The zero-order valence-electron chi connectivity index (χ0n) is 12.1. The standard InChI is InChI=1S/C13H18F3N5/c1-4-9(2)21-6-5-11(18-21)17-7-10-8-20(3)19-12(10)13(14,15)16/h5-6,8-9H,4,7H2,1-3H3,(H,17,18)/t9-/m0/s1. The fourth-order valence-electron chi connectivity index (χ4n) is 1.96. The molecule has 0 saturated heterocycles. The van der Waals surface area contributed by atoms with Crippen LogP contribution >= 0.6 is 0 Å². The molecule has 2 heterocycles. The van der Waals surface area contributed by atoms with Crippen molar-refractivity contribution in [3.8, 4) is 0 Å². The van der Waals surface area contributed by atoms with E-state index >= 15 is 0 Å². The highest BCUT2D eigenvalue weighted by Gasteiger charge is 2.36. The molecule has 2 aromatic rings. The van der Waals surface area contributed by atoms with Crippen molar-refractivity contribution in [2.24, 2.45) is 7.05 Å². The van der Waals surface area contributed by atoms with Crippen molar-refractivity contribution in [2.45, 2.75) is 39.0 Å². The maximum Gasteiger partial charge on any atom is 0.435 e. The second-order valence-corrected chi connectivity index (χ2v) is 4.97. The number of aromatic nitrogens is 4. The van der Waals surface area contributed by atoms with Crippen molar-refractivity contribution in [2.75, 3.05) is 5.32 Å². The van der Waals surface area contributed by atoms with Gasteiger partial charge < -0.3 is 5.32 Å². The van der Waals surface area contributed by atoms with Crippen LogP contribution in [-0.2, 0) is 19.8 Å². The van der Waals surface area contributed by atoms with Gasteiger partial charge in [-0.1, -0.05) is 6.92 Å². The molecule has 1 N–H and O–H groups in total. The molecule has 21 heavy (non-hydrogen) atoms. The topological polar surface area (TPSA) is 47.7 Å². The van der Waals surface area contributed by atoms with Crippen molar-refractivity contribution in [3.63, 3.8) is 0 Å². The Labute approximate surface area is 120 Å². The molecule has 5 nitrogen and oxygen atoms in total. The summed E-state index contributed by atoms with van der Waals surface area (Å²) in [5.41, 5.74) is -0.762. The first-order valence-electron chi connectivity index (χ1n) is 6.70. The van der Waals surface area contributed by atoms with E-state index in [9.17, 15) is 13.2 Å². The lowest BCUT2D eigenvalue weighted by Crippen LogP contribution is -2.12. The number of hydrogen-bond donors (Lipinski definition) is 1. The zero-order chi connectivity index (χ0) is 15.6. The average molecular weight is 301 g/mol. The van der Waals surface area contributed by atoms with E-state index < -0.39 is 11.9 Å². The van der Waals surface area contributed by atoms with Gasteiger partial charge in [0.05, 0.1) is 0 Å². The molecule has 2 rings (SSSR count). The van der Waals surface area contributed by atoms with E-state index in [-0.39, 0.29) is 18.2 Å². The average Bonchev–Trinajstić information content (AvgIpc) is 3.01.